The Morgan fingerprint density at radius 1 is 1.03 bits per heavy atom. The van der Waals surface area contributed by atoms with Crippen LogP contribution in [0, 0.1) is 34.5 Å². The van der Waals surface area contributed by atoms with Crippen LogP contribution in [0.3, 0.4) is 0 Å². The fourth-order valence-electron chi connectivity index (χ4n) is 6.87. The van der Waals surface area contributed by atoms with Crippen LogP contribution in [0.15, 0.2) is 0 Å². The Labute approximate surface area is 185 Å². The summed E-state index contributed by atoms with van der Waals surface area (Å²) in [5.41, 5.74) is -2.03. The zero-order valence-electron chi connectivity index (χ0n) is 19.7. The monoisotopic (exact) mass is 434 g/mol. The van der Waals surface area contributed by atoms with Gasteiger partial charge in [0.1, 0.15) is 18.3 Å². The molecule has 4 saturated carbocycles. The van der Waals surface area contributed by atoms with Gasteiger partial charge in [-0.2, -0.15) is 0 Å². The van der Waals surface area contributed by atoms with Crippen LogP contribution in [0.2, 0.25) is 0 Å². The summed E-state index contributed by atoms with van der Waals surface area (Å²) >= 11 is 0. The lowest BCUT2D eigenvalue weighted by Crippen LogP contribution is -2.59. The maximum Gasteiger partial charge on any atom is 0.312 e. The van der Waals surface area contributed by atoms with Gasteiger partial charge in [-0.1, -0.05) is 6.92 Å². The average molecular weight is 435 g/mol. The Hall–Kier alpha value is -1.59. The third kappa shape index (κ3) is 4.11. The van der Waals surface area contributed by atoms with Crippen LogP contribution in [0.4, 0.5) is 0 Å². The van der Waals surface area contributed by atoms with E-state index in [4.69, 9.17) is 14.2 Å². The predicted octanol–water partition coefficient (Wildman–Crippen LogP) is 4.44. The number of ether oxygens (including phenoxy) is 3. The SMILES string of the molecule is CCC(C)(CC(C)(C)C(=O)OC1COC(=O)C1)C(=O)OC1(C)C2CC3CC(C2)CC1C3. The molecule has 5 aliphatic rings. The molecule has 6 heteroatoms. The molecule has 5 fully saturated rings. The van der Waals surface area contributed by atoms with Gasteiger partial charge in [-0.25, -0.2) is 0 Å². The normalized spacial score (nSPS) is 38.5. The average Bonchev–Trinajstić information content (AvgIpc) is 3.09. The summed E-state index contributed by atoms with van der Waals surface area (Å²) in [6.45, 7) is 9.76. The molecule has 0 aromatic heterocycles. The molecule has 6 nitrogen and oxygen atoms in total. The molecule has 0 radical (unpaired) electrons. The highest BCUT2D eigenvalue weighted by molar-refractivity contribution is 5.81. The Morgan fingerprint density at radius 2 is 1.61 bits per heavy atom. The third-order valence-corrected chi connectivity index (χ3v) is 8.83. The van der Waals surface area contributed by atoms with Crippen molar-refractivity contribution in [3.8, 4) is 0 Å². The first kappa shape index (κ1) is 22.6. The maximum absolute atomic E-state index is 13.5. The van der Waals surface area contributed by atoms with Crippen molar-refractivity contribution in [2.45, 2.75) is 97.7 Å². The minimum Gasteiger partial charge on any atom is -0.462 e. The van der Waals surface area contributed by atoms with Crippen LogP contribution in [0.25, 0.3) is 0 Å². The fourth-order valence-corrected chi connectivity index (χ4v) is 6.87. The first-order valence-corrected chi connectivity index (χ1v) is 12.1. The van der Waals surface area contributed by atoms with Crippen molar-refractivity contribution in [3.63, 3.8) is 0 Å². The maximum atomic E-state index is 13.5. The molecule has 4 bridgehead atoms. The number of hydrogen-bond donors (Lipinski definition) is 0. The van der Waals surface area contributed by atoms with Crippen molar-refractivity contribution in [2.75, 3.05) is 6.61 Å². The quantitative estimate of drug-likeness (QED) is 0.435. The van der Waals surface area contributed by atoms with Gasteiger partial charge in [0, 0.05) is 0 Å². The Morgan fingerprint density at radius 3 is 2.10 bits per heavy atom. The number of cyclic esters (lactones) is 1. The second kappa shape index (κ2) is 7.77. The van der Waals surface area contributed by atoms with Crippen LogP contribution >= 0.6 is 0 Å². The molecule has 1 aliphatic heterocycles. The fraction of sp³-hybridized carbons (Fsp3) is 0.880. The molecule has 174 valence electrons. The summed E-state index contributed by atoms with van der Waals surface area (Å²) in [6.07, 6.45) is 6.57. The molecule has 1 saturated heterocycles. The molecule has 0 aromatic rings. The van der Waals surface area contributed by atoms with Crippen molar-refractivity contribution in [1.82, 2.24) is 0 Å². The van der Waals surface area contributed by atoms with Crippen molar-refractivity contribution in [3.05, 3.63) is 0 Å². The van der Waals surface area contributed by atoms with Gasteiger partial charge in [-0.3, -0.25) is 14.4 Å². The Kier molecular flexibility index (Phi) is 5.66. The number of hydrogen-bond acceptors (Lipinski definition) is 6. The lowest BCUT2D eigenvalue weighted by molar-refractivity contribution is -0.213. The number of esters is 3. The van der Waals surface area contributed by atoms with Gasteiger partial charge in [0.25, 0.3) is 0 Å². The Balaban J connectivity index is 1.43. The van der Waals surface area contributed by atoms with Crippen molar-refractivity contribution in [1.29, 1.82) is 0 Å². The Bertz CT molecular complexity index is 727. The van der Waals surface area contributed by atoms with Crippen LogP contribution in [0.1, 0.15) is 86.0 Å². The largest absolute Gasteiger partial charge is 0.462 e. The first-order valence-electron chi connectivity index (χ1n) is 12.1. The topological polar surface area (TPSA) is 78.9 Å². The summed E-state index contributed by atoms with van der Waals surface area (Å²) in [6, 6.07) is 0. The molecule has 0 spiro atoms. The summed E-state index contributed by atoms with van der Waals surface area (Å²) < 4.78 is 16.8. The smallest absolute Gasteiger partial charge is 0.312 e. The van der Waals surface area contributed by atoms with E-state index in [1.807, 2.05) is 13.8 Å². The van der Waals surface area contributed by atoms with E-state index in [9.17, 15) is 14.4 Å². The number of carbonyl (C=O) groups excluding carboxylic acids is 3. The van der Waals surface area contributed by atoms with Gasteiger partial charge in [0.2, 0.25) is 0 Å². The summed E-state index contributed by atoms with van der Waals surface area (Å²) in [7, 11) is 0. The van der Waals surface area contributed by atoms with Crippen LogP contribution in [-0.2, 0) is 28.6 Å². The van der Waals surface area contributed by atoms with E-state index >= 15 is 0 Å². The third-order valence-electron chi connectivity index (χ3n) is 8.83. The van der Waals surface area contributed by atoms with E-state index < -0.39 is 22.9 Å². The molecule has 31 heavy (non-hydrogen) atoms. The minimum absolute atomic E-state index is 0.0953. The van der Waals surface area contributed by atoms with Crippen LogP contribution in [-0.4, -0.2) is 36.2 Å². The van der Waals surface area contributed by atoms with Gasteiger partial charge in [-0.05, 0) is 96.3 Å². The molecule has 1 heterocycles. The molecule has 0 N–H and O–H groups in total. The summed E-state index contributed by atoms with van der Waals surface area (Å²) in [4.78, 5) is 37.7. The number of rotatable bonds is 7. The van der Waals surface area contributed by atoms with Crippen LogP contribution in [0.5, 0.6) is 0 Å². The van der Waals surface area contributed by atoms with E-state index in [-0.39, 0.29) is 30.6 Å². The van der Waals surface area contributed by atoms with Gasteiger partial charge in [0.05, 0.1) is 17.3 Å². The van der Waals surface area contributed by atoms with E-state index in [1.54, 1.807) is 13.8 Å². The molecule has 2 unspecified atom stereocenters. The van der Waals surface area contributed by atoms with Gasteiger partial charge in [0.15, 0.2) is 0 Å². The van der Waals surface area contributed by atoms with E-state index in [1.165, 1.54) is 32.1 Å². The van der Waals surface area contributed by atoms with E-state index in [2.05, 4.69) is 6.92 Å². The van der Waals surface area contributed by atoms with Crippen molar-refractivity contribution >= 4 is 17.9 Å². The predicted molar refractivity (Wildman–Crippen MR) is 114 cm³/mol. The van der Waals surface area contributed by atoms with Crippen molar-refractivity contribution < 1.29 is 28.6 Å². The standard InChI is InChI=1S/C25H38O6/c1-6-24(4,14-23(2,3)21(27)30-19-12-20(26)29-13-19)22(28)31-25(5)17-8-15-7-16(10-17)11-18(25)9-15/h15-19H,6-14H2,1-5H3. The highest BCUT2D eigenvalue weighted by atomic mass is 16.6. The highest BCUT2D eigenvalue weighted by Gasteiger charge is 2.58. The zero-order valence-corrected chi connectivity index (χ0v) is 19.7. The molecule has 0 aromatic carbocycles. The van der Waals surface area contributed by atoms with Gasteiger partial charge in [-0.15, -0.1) is 0 Å². The first-order chi connectivity index (χ1) is 14.4. The lowest BCUT2D eigenvalue weighted by Gasteiger charge is -2.59. The molecule has 4 aliphatic carbocycles. The molecule has 2 atom stereocenters. The van der Waals surface area contributed by atoms with E-state index in [0.29, 0.717) is 24.7 Å². The summed E-state index contributed by atoms with van der Waals surface area (Å²) in [5.74, 6) is 1.62. The number of carbonyl (C=O) groups is 3. The second-order valence-electron chi connectivity index (χ2n) is 11.8. The zero-order chi connectivity index (χ0) is 22.6. The van der Waals surface area contributed by atoms with E-state index in [0.717, 1.165) is 11.8 Å². The van der Waals surface area contributed by atoms with Crippen LogP contribution < -0.4 is 0 Å². The minimum atomic E-state index is -0.875. The lowest BCUT2D eigenvalue weighted by atomic mass is 9.50. The van der Waals surface area contributed by atoms with Gasteiger partial charge >= 0.3 is 17.9 Å². The highest BCUT2D eigenvalue weighted by Crippen LogP contribution is 2.60. The van der Waals surface area contributed by atoms with Gasteiger partial charge < -0.3 is 14.2 Å². The second-order valence-corrected chi connectivity index (χ2v) is 11.8. The molecular formula is C25H38O6. The molecule has 0 amide bonds. The molecular weight excluding hydrogens is 396 g/mol. The van der Waals surface area contributed by atoms with Crippen molar-refractivity contribution in [2.24, 2.45) is 34.5 Å². The summed E-state index contributed by atoms with van der Waals surface area (Å²) in [5, 5.41) is 0. The molecule has 5 rings (SSSR count).